The third kappa shape index (κ3) is 2.06. The fraction of sp³-hybridized carbons (Fsp3) is 0.684. The summed E-state index contributed by atoms with van der Waals surface area (Å²) in [5.41, 5.74) is 2.24. The molecule has 1 N–H and O–H groups in total. The average Bonchev–Trinajstić information content (AvgIpc) is 2.38. The number of rotatable bonds is 2. The van der Waals surface area contributed by atoms with E-state index >= 15 is 0 Å². The van der Waals surface area contributed by atoms with Crippen molar-refractivity contribution in [3.05, 3.63) is 35.1 Å². The van der Waals surface area contributed by atoms with E-state index in [1.165, 1.54) is 25.3 Å². The molecule has 1 aromatic carbocycles. The summed E-state index contributed by atoms with van der Waals surface area (Å²) < 4.78 is 13.6. The highest BCUT2D eigenvalue weighted by molar-refractivity contribution is 5.31. The number of aliphatic hydroxyl groups excluding tert-OH is 1. The number of aliphatic hydroxyl groups is 1. The topological polar surface area (TPSA) is 20.2 Å². The van der Waals surface area contributed by atoms with E-state index in [0.29, 0.717) is 5.41 Å². The molecule has 3 unspecified atom stereocenters. The normalized spacial score (nSPS) is 42.3. The molecule has 4 saturated carbocycles. The Morgan fingerprint density at radius 2 is 1.86 bits per heavy atom. The second-order valence-corrected chi connectivity index (χ2v) is 8.54. The second-order valence-electron chi connectivity index (χ2n) is 8.54. The Labute approximate surface area is 126 Å². The minimum absolute atomic E-state index is 0.00259. The van der Waals surface area contributed by atoms with Gasteiger partial charge in [0.05, 0.1) is 6.10 Å². The van der Waals surface area contributed by atoms with Crippen LogP contribution in [-0.4, -0.2) is 5.11 Å². The van der Waals surface area contributed by atoms with Gasteiger partial charge in [0, 0.05) is 5.41 Å². The molecular formula is C19H25FO. The molecule has 114 valence electrons. The van der Waals surface area contributed by atoms with E-state index in [2.05, 4.69) is 6.92 Å². The highest BCUT2D eigenvalue weighted by Gasteiger charge is 2.58. The molecule has 4 bridgehead atoms. The lowest BCUT2D eigenvalue weighted by atomic mass is 9.43. The zero-order valence-corrected chi connectivity index (χ0v) is 13.0. The van der Waals surface area contributed by atoms with Crippen LogP contribution >= 0.6 is 0 Å². The van der Waals surface area contributed by atoms with Crippen LogP contribution in [0.5, 0.6) is 0 Å². The SMILES string of the molecule is Cc1ccc(F)cc1C(O)C12CC3CC(CC(C)(C3)C1)C2. The van der Waals surface area contributed by atoms with Gasteiger partial charge < -0.3 is 5.11 Å². The summed E-state index contributed by atoms with van der Waals surface area (Å²) in [4.78, 5) is 0. The van der Waals surface area contributed by atoms with Crippen LogP contribution < -0.4 is 0 Å². The molecule has 0 amide bonds. The molecule has 0 radical (unpaired) electrons. The summed E-state index contributed by atoms with van der Waals surface area (Å²) in [6.07, 6.45) is 6.90. The van der Waals surface area contributed by atoms with Crippen molar-refractivity contribution in [1.29, 1.82) is 0 Å². The zero-order chi connectivity index (χ0) is 14.8. The Morgan fingerprint density at radius 3 is 2.48 bits per heavy atom. The van der Waals surface area contributed by atoms with Gasteiger partial charge in [0.15, 0.2) is 0 Å². The van der Waals surface area contributed by atoms with Gasteiger partial charge in [0.2, 0.25) is 0 Å². The summed E-state index contributed by atoms with van der Waals surface area (Å²) in [7, 11) is 0. The number of aryl methyl sites for hydroxylation is 1. The standard InChI is InChI=1S/C19H25FO/c1-12-3-4-15(20)6-16(12)17(21)19-9-13-5-14(10-19)8-18(2,7-13)11-19/h3-4,6,13-14,17,21H,5,7-11H2,1-2H3. The number of benzene rings is 1. The quantitative estimate of drug-likeness (QED) is 0.830. The van der Waals surface area contributed by atoms with Gasteiger partial charge in [0.1, 0.15) is 5.82 Å². The van der Waals surface area contributed by atoms with Gasteiger partial charge in [-0.3, -0.25) is 0 Å². The highest BCUT2D eigenvalue weighted by atomic mass is 19.1. The first kappa shape index (κ1) is 13.8. The van der Waals surface area contributed by atoms with Gasteiger partial charge >= 0.3 is 0 Å². The third-order valence-corrected chi connectivity index (χ3v) is 6.51. The molecule has 4 fully saturated rings. The van der Waals surface area contributed by atoms with Crippen molar-refractivity contribution in [1.82, 2.24) is 0 Å². The molecule has 0 aromatic heterocycles. The monoisotopic (exact) mass is 288 g/mol. The van der Waals surface area contributed by atoms with E-state index in [4.69, 9.17) is 0 Å². The summed E-state index contributed by atoms with van der Waals surface area (Å²) in [5, 5.41) is 11.1. The van der Waals surface area contributed by atoms with E-state index < -0.39 is 6.10 Å². The predicted octanol–water partition coefficient (Wildman–Crippen LogP) is 4.77. The predicted molar refractivity (Wildman–Crippen MR) is 81.3 cm³/mol. The molecule has 21 heavy (non-hydrogen) atoms. The Balaban J connectivity index is 1.73. The van der Waals surface area contributed by atoms with Crippen molar-refractivity contribution in [3.63, 3.8) is 0 Å². The number of hydrogen-bond donors (Lipinski definition) is 1. The van der Waals surface area contributed by atoms with E-state index in [1.807, 2.05) is 6.92 Å². The van der Waals surface area contributed by atoms with Gasteiger partial charge in [-0.25, -0.2) is 4.39 Å². The zero-order valence-electron chi connectivity index (χ0n) is 13.0. The molecule has 0 saturated heterocycles. The molecule has 5 rings (SSSR count). The molecule has 4 aliphatic rings. The lowest BCUT2D eigenvalue weighted by Gasteiger charge is -2.62. The fourth-order valence-corrected chi connectivity index (χ4v) is 6.35. The molecule has 4 aliphatic carbocycles. The lowest BCUT2D eigenvalue weighted by Crippen LogP contribution is -2.53. The van der Waals surface area contributed by atoms with E-state index in [9.17, 15) is 9.50 Å². The Bertz CT molecular complexity index is 565. The maximum absolute atomic E-state index is 13.6. The van der Waals surface area contributed by atoms with Crippen molar-refractivity contribution in [2.45, 2.75) is 58.5 Å². The maximum atomic E-state index is 13.6. The molecule has 3 atom stereocenters. The van der Waals surface area contributed by atoms with E-state index in [0.717, 1.165) is 42.2 Å². The summed E-state index contributed by atoms with van der Waals surface area (Å²) in [5.74, 6) is 1.32. The average molecular weight is 288 g/mol. The second kappa shape index (κ2) is 4.32. The fourth-order valence-electron chi connectivity index (χ4n) is 6.35. The van der Waals surface area contributed by atoms with Gasteiger partial charge in [-0.2, -0.15) is 0 Å². The largest absolute Gasteiger partial charge is 0.388 e. The van der Waals surface area contributed by atoms with Gasteiger partial charge in [-0.1, -0.05) is 13.0 Å². The van der Waals surface area contributed by atoms with Gasteiger partial charge in [-0.15, -0.1) is 0 Å². The van der Waals surface area contributed by atoms with Crippen molar-refractivity contribution >= 4 is 0 Å². The molecule has 2 heteroatoms. The molecule has 0 spiro atoms. The van der Waals surface area contributed by atoms with Crippen LogP contribution in [0.25, 0.3) is 0 Å². The van der Waals surface area contributed by atoms with Crippen molar-refractivity contribution in [3.8, 4) is 0 Å². The van der Waals surface area contributed by atoms with Crippen LogP contribution in [0.2, 0.25) is 0 Å². The van der Waals surface area contributed by atoms with Crippen molar-refractivity contribution in [2.75, 3.05) is 0 Å². The van der Waals surface area contributed by atoms with Crippen LogP contribution in [0.3, 0.4) is 0 Å². The maximum Gasteiger partial charge on any atom is 0.123 e. The summed E-state index contributed by atoms with van der Waals surface area (Å²) in [6.45, 7) is 4.39. The minimum Gasteiger partial charge on any atom is -0.388 e. The summed E-state index contributed by atoms with van der Waals surface area (Å²) in [6, 6.07) is 4.85. The van der Waals surface area contributed by atoms with Crippen LogP contribution in [0.15, 0.2) is 18.2 Å². The van der Waals surface area contributed by atoms with Crippen molar-refractivity contribution in [2.24, 2.45) is 22.7 Å². The van der Waals surface area contributed by atoms with E-state index in [1.54, 1.807) is 12.1 Å². The highest BCUT2D eigenvalue weighted by Crippen LogP contribution is 2.68. The Morgan fingerprint density at radius 1 is 1.19 bits per heavy atom. The minimum atomic E-state index is -0.501. The van der Waals surface area contributed by atoms with Crippen LogP contribution in [0.1, 0.15) is 62.7 Å². The molecule has 1 nitrogen and oxygen atoms in total. The third-order valence-electron chi connectivity index (χ3n) is 6.51. The first-order valence-electron chi connectivity index (χ1n) is 8.33. The molecule has 0 aliphatic heterocycles. The Kier molecular flexibility index (Phi) is 2.83. The first-order chi connectivity index (χ1) is 9.89. The number of hydrogen-bond acceptors (Lipinski definition) is 1. The molecular weight excluding hydrogens is 263 g/mol. The first-order valence-corrected chi connectivity index (χ1v) is 8.33. The van der Waals surface area contributed by atoms with Crippen LogP contribution in [-0.2, 0) is 0 Å². The van der Waals surface area contributed by atoms with Crippen LogP contribution in [0, 0.1) is 35.4 Å². The lowest BCUT2D eigenvalue weighted by molar-refractivity contribution is -0.155. The van der Waals surface area contributed by atoms with E-state index in [-0.39, 0.29) is 11.2 Å². The van der Waals surface area contributed by atoms with Gasteiger partial charge in [-0.05, 0) is 86.0 Å². The smallest absolute Gasteiger partial charge is 0.123 e. The van der Waals surface area contributed by atoms with Gasteiger partial charge in [0.25, 0.3) is 0 Å². The van der Waals surface area contributed by atoms with Crippen molar-refractivity contribution < 1.29 is 9.50 Å². The molecule has 0 heterocycles. The van der Waals surface area contributed by atoms with Crippen LogP contribution in [0.4, 0.5) is 4.39 Å². The Hall–Kier alpha value is -0.890. The number of halogens is 1. The summed E-state index contributed by atoms with van der Waals surface area (Å²) >= 11 is 0. The molecule has 1 aromatic rings.